The Morgan fingerprint density at radius 3 is 2.57 bits per heavy atom. The Kier molecular flexibility index (Phi) is 6.68. The fourth-order valence-electron chi connectivity index (χ4n) is 4.08. The normalized spacial score (nSPS) is 15.0. The molecule has 0 amide bonds. The van der Waals surface area contributed by atoms with Gasteiger partial charge in [0.05, 0.1) is 12.8 Å². The molecule has 1 aromatic carbocycles. The van der Waals surface area contributed by atoms with E-state index in [4.69, 9.17) is 10.2 Å². The standard InChI is InChI=1S/C24H29N9O2/c1-31-10-12-32(13-11-31)16-19(34)15-18-6-4-17(5-7-18)8-9-26-23-28-22(25)33-24(29-23)27-21(30-33)20-3-2-14-35-20/h2-7,14H,8-13,15-16H2,1H3,(H3,25,26,27,28,29,30). The maximum Gasteiger partial charge on any atom is 0.259 e. The van der Waals surface area contributed by atoms with Crippen molar-refractivity contribution in [3.05, 3.63) is 53.8 Å². The highest BCUT2D eigenvalue weighted by molar-refractivity contribution is 5.82. The number of aromatic nitrogens is 5. The second-order valence-corrected chi connectivity index (χ2v) is 8.82. The highest BCUT2D eigenvalue weighted by Gasteiger charge is 2.17. The van der Waals surface area contributed by atoms with Gasteiger partial charge in [0.2, 0.25) is 17.7 Å². The number of nitrogens with two attached hydrogens (primary N) is 1. The number of hydrogen-bond donors (Lipinski definition) is 2. The van der Waals surface area contributed by atoms with E-state index in [1.807, 2.05) is 12.1 Å². The lowest BCUT2D eigenvalue weighted by atomic mass is 10.0. The summed E-state index contributed by atoms with van der Waals surface area (Å²) in [4.78, 5) is 30.0. The average Bonchev–Trinajstić information content (AvgIpc) is 3.52. The Morgan fingerprint density at radius 2 is 1.83 bits per heavy atom. The minimum atomic E-state index is 0.188. The molecule has 11 nitrogen and oxygen atoms in total. The van der Waals surface area contributed by atoms with Gasteiger partial charge in [0.1, 0.15) is 0 Å². The number of anilines is 2. The molecule has 0 spiro atoms. The first kappa shape index (κ1) is 22.9. The maximum absolute atomic E-state index is 12.5. The Labute approximate surface area is 203 Å². The molecule has 3 N–H and O–H groups in total. The quantitative estimate of drug-likeness (QED) is 0.366. The molecule has 1 fully saturated rings. The summed E-state index contributed by atoms with van der Waals surface area (Å²) in [7, 11) is 2.12. The third-order valence-corrected chi connectivity index (χ3v) is 6.09. The molecule has 1 aliphatic rings. The van der Waals surface area contributed by atoms with E-state index in [2.05, 4.69) is 54.3 Å². The van der Waals surface area contributed by atoms with Crippen molar-refractivity contribution in [1.29, 1.82) is 0 Å². The Morgan fingerprint density at radius 1 is 1.06 bits per heavy atom. The van der Waals surface area contributed by atoms with Crippen molar-refractivity contribution >= 4 is 23.5 Å². The number of piperazine rings is 1. The lowest BCUT2D eigenvalue weighted by molar-refractivity contribution is -0.119. The van der Waals surface area contributed by atoms with Gasteiger partial charge in [0, 0.05) is 39.1 Å². The van der Waals surface area contributed by atoms with Crippen LogP contribution in [0, 0.1) is 0 Å². The molecule has 0 unspecified atom stereocenters. The number of carbonyl (C=O) groups excluding carboxylic acids is 1. The van der Waals surface area contributed by atoms with Gasteiger partial charge in [-0.05, 0) is 36.7 Å². The summed E-state index contributed by atoms with van der Waals surface area (Å²) in [5.41, 5.74) is 8.23. The number of furan rings is 1. The van der Waals surface area contributed by atoms with Crippen LogP contribution in [-0.2, 0) is 17.6 Å². The number of rotatable bonds is 9. The zero-order valence-electron chi connectivity index (χ0n) is 19.7. The monoisotopic (exact) mass is 475 g/mol. The van der Waals surface area contributed by atoms with Gasteiger partial charge in [0.25, 0.3) is 5.78 Å². The van der Waals surface area contributed by atoms with Crippen LogP contribution in [0.3, 0.4) is 0 Å². The van der Waals surface area contributed by atoms with Gasteiger partial charge in [-0.1, -0.05) is 24.3 Å². The number of likely N-dealkylation sites (N-methyl/N-ethyl adjacent to an activating group) is 1. The van der Waals surface area contributed by atoms with Gasteiger partial charge in [-0.2, -0.15) is 19.5 Å². The van der Waals surface area contributed by atoms with E-state index in [1.165, 1.54) is 4.52 Å². The molecule has 35 heavy (non-hydrogen) atoms. The van der Waals surface area contributed by atoms with E-state index in [1.54, 1.807) is 18.4 Å². The van der Waals surface area contributed by atoms with E-state index in [0.29, 0.717) is 42.8 Å². The van der Waals surface area contributed by atoms with E-state index in [-0.39, 0.29) is 11.7 Å². The molecule has 11 heteroatoms. The molecule has 1 aliphatic heterocycles. The third-order valence-electron chi connectivity index (χ3n) is 6.09. The predicted octanol–water partition coefficient (Wildman–Crippen LogP) is 1.38. The molecular weight excluding hydrogens is 446 g/mol. The average molecular weight is 476 g/mol. The first-order valence-corrected chi connectivity index (χ1v) is 11.7. The Balaban J connectivity index is 1.12. The molecule has 4 aromatic rings. The number of Topliss-reactive ketones (excluding diaryl/α,β-unsaturated/α-hetero) is 1. The summed E-state index contributed by atoms with van der Waals surface area (Å²) >= 11 is 0. The highest BCUT2D eigenvalue weighted by Crippen LogP contribution is 2.17. The Bertz CT molecular complexity index is 1280. The molecule has 182 valence electrons. The van der Waals surface area contributed by atoms with Gasteiger partial charge < -0.3 is 20.4 Å². The predicted molar refractivity (Wildman–Crippen MR) is 132 cm³/mol. The van der Waals surface area contributed by atoms with Crippen molar-refractivity contribution in [1.82, 2.24) is 34.4 Å². The maximum atomic E-state index is 12.5. The Hall–Kier alpha value is -3.83. The van der Waals surface area contributed by atoms with Crippen molar-refractivity contribution in [2.24, 2.45) is 0 Å². The molecule has 4 heterocycles. The summed E-state index contributed by atoms with van der Waals surface area (Å²) in [5.74, 6) is 2.12. The van der Waals surface area contributed by atoms with E-state index in [9.17, 15) is 4.79 Å². The SMILES string of the molecule is CN1CCN(CC(=O)Cc2ccc(CCNc3nc(N)n4nc(-c5ccco5)nc4n3)cc2)CC1. The van der Waals surface area contributed by atoms with Crippen LogP contribution in [-0.4, -0.2) is 86.5 Å². The van der Waals surface area contributed by atoms with E-state index in [0.717, 1.165) is 43.7 Å². The number of fused-ring (bicyclic) bond motifs is 1. The fraction of sp³-hybridized carbons (Fsp3) is 0.375. The zero-order valence-corrected chi connectivity index (χ0v) is 19.7. The van der Waals surface area contributed by atoms with Gasteiger partial charge in [-0.3, -0.25) is 9.69 Å². The van der Waals surface area contributed by atoms with Crippen molar-refractivity contribution in [3.63, 3.8) is 0 Å². The molecule has 5 rings (SSSR count). The zero-order chi connectivity index (χ0) is 24.2. The number of nitrogens with one attached hydrogen (secondary N) is 1. The van der Waals surface area contributed by atoms with E-state index >= 15 is 0 Å². The van der Waals surface area contributed by atoms with Gasteiger partial charge in [0.15, 0.2) is 11.5 Å². The molecule has 1 saturated heterocycles. The number of nitrogens with zero attached hydrogens (tertiary/aromatic N) is 7. The number of nitrogen functional groups attached to an aromatic ring is 1. The summed E-state index contributed by atoms with van der Waals surface area (Å²) in [5, 5.41) is 7.49. The summed E-state index contributed by atoms with van der Waals surface area (Å²) < 4.78 is 6.72. The minimum absolute atomic E-state index is 0.188. The van der Waals surface area contributed by atoms with E-state index < -0.39 is 0 Å². The first-order valence-electron chi connectivity index (χ1n) is 11.7. The largest absolute Gasteiger partial charge is 0.461 e. The fourth-order valence-corrected chi connectivity index (χ4v) is 4.08. The lowest BCUT2D eigenvalue weighted by Crippen LogP contribution is -2.46. The van der Waals surface area contributed by atoms with Crippen LogP contribution < -0.4 is 11.1 Å². The second kappa shape index (κ2) is 10.2. The van der Waals surface area contributed by atoms with Crippen LogP contribution in [0.2, 0.25) is 0 Å². The van der Waals surface area contributed by atoms with Gasteiger partial charge in [-0.25, -0.2) is 0 Å². The van der Waals surface area contributed by atoms with Gasteiger partial charge >= 0.3 is 0 Å². The summed E-state index contributed by atoms with van der Waals surface area (Å²) in [6, 6.07) is 11.7. The molecule has 0 saturated carbocycles. The van der Waals surface area contributed by atoms with Crippen molar-refractivity contribution in [3.8, 4) is 11.6 Å². The number of hydrogen-bond acceptors (Lipinski definition) is 10. The smallest absolute Gasteiger partial charge is 0.259 e. The molecule has 3 aromatic heterocycles. The lowest BCUT2D eigenvalue weighted by Gasteiger charge is -2.31. The van der Waals surface area contributed by atoms with Crippen LogP contribution in [0.5, 0.6) is 0 Å². The first-order chi connectivity index (χ1) is 17.0. The minimum Gasteiger partial charge on any atom is -0.461 e. The molecule has 0 atom stereocenters. The summed E-state index contributed by atoms with van der Waals surface area (Å²) in [6.45, 7) is 5.11. The van der Waals surface area contributed by atoms with Crippen LogP contribution >= 0.6 is 0 Å². The number of ketones is 1. The molecule has 0 bridgehead atoms. The third kappa shape index (κ3) is 5.64. The molecular formula is C24H29N9O2. The number of benzene rings is 1. The molecule has 0 aliphatic carbocycles. The van der Waals surface area contributed by atoms with Crippen LogP contribution in [0.1, 0.15) is 11.1 Å². The van der Waals surface area contributed by atoms with Crippen LogP contribution in [0.4, 0.5) is 11.9 Å². The van der Waals surface area contributed by atoms with Crippen molar-refractivity contribution in [2.75, 3.05) is 57.4 Å². The van der Waals surface area contributed by atoms with Crippen LogP contribution in [0.25, 0.3) is 17.4 Å². The van der Waals surface area contributed by atoms with Crippen molar-refractivity contribution < 1.29 is 9.21 Å². The molecule has 0 radical (unpaired) electrons. The highest BCUT2D eigenvalue weighted by atomic mass is 16.3. The second-order valence-electron chi connectivity index (χ2n) is 8.82. The topological polar surface area (TPSA) is 131 Å². The van der Waals surface area contributed by atoms with Crippen molar-refractivity contribution in [2.45, 2.75) is 12.8 Å². The van der Waals surface area contributed by atoms with Gasteiger partial charge in [-0.15, -0.1) is 5.10 Å². The summed E-state index contributed by atoms with van der Waals surface area (Å²) in [6.07, 6.45) is 2.80. The van der Waals surface area contributed by atoms with Crippen LogP contribution in [0.15, 0.2) is 47.1 Å². The number of carbonyl (C=O) groups is 1.